The summed E-state index contributed by atoms with van der Waals surface area (Å²) in [4.78, 5) is 0. The maximum Gasteiger partial charge on any atom is 0.0778 e. The molecule has 2 heteroatoms. The van der Waals surface area contributed by atoms with E-state index in [1.54, 1.807) is 0 Å². The van der Waals surface area contributed by atoms with Crippen LogP contribution >= 0.6 is 0 Å². The van der Waals surface area contributed by atoms with Gasteiger partial charge in [-0.2, -0.15) is 0 Å². The zero-order chi connectivity index (χ0) is 15.0. The minimum Gasteiger partial charge on any atom is -0.376 e. The molecule has 20 heavy (non-hydrogen) atoms. The fraction of sp³-hybridized carbons (Fsp3) is 1.00. The van der Waals surface area contributed by atoms with E-state index in [1.807, 2.05) is 0 Å². The van der Waals surface area contributed by atoms with Crippen LogP contribution in [0.1, 0.15) is 79.6 Å². The van der Waals surface area contributed by atoms with E-state index in [9.17, 15) is 0 Å². The topological polar surface area (TPSA) is 21.3 Å². The fourth-order valence-corrected chi connectivity index (χ4v) is 3.57. The predicted octanol–water partition coefficient (Wildman–Crippen LogP) is 4.78. The Kier molecular flexibility index (Phi) is 8.13. The summed E-state index contributed by atoms with van der Waals surface area (Å²) in [7, 11) is 0. The van der Waals surface area contributed by atoms with Crippen LogP contribution in [0.4, 0.5) is 0 Å². The Balaban J connectivity index is 2.82. The zero-order valence-corrected chi connectivity index (χ0v) is 14.5. The van der Waals surface area contributed by atoms with Crippen LogP contribution in [-0.2, 0) is 4.74 Å². The minimum absolute atomic E-state index is 0.202. The number of ether oxygens (including phenoxy) is 1. The highest BCUT2D eigenvalue weighted by atomic mass is 16.5. The highest BCUT2D eigenvalue weighted by Crippen LogP contribution is 2.34. The van der Waals surface area contributed by atoms with Gasteiger partial charge in [-0.25, -0.2) is 0 Å². The number of nitrogens with one attached hydrogen (secondary N) is 1. The summed E-state index contributed by atoms with van der Waals surface area (Å²) in [5, 5.41) is 3.83. The number of rotatable bonds is 7. The van der Waals surface area contributed by atoms with Crippen LogP contribution in [0.15, 0.2) is 0 Å². The predicted molar refractivity (Wildman–Crippen MR) is 88.1 cm³/mol. The first-order chi connectivity index (χ1) is 9.50. The summed E-state index contributed by atoms with van der Waals surface area (Å²) in [6.07, 6.45) is 9.92. The van der Waals surface area contributed by atoms with Gasteiger partial charge in [0, 0.05) is 12.6 Å². The highest BCUT2D eigenvalue weighted by molar-refractivity contribution is 4.91. The molecule has 1 aliphatic rings. The summed E-state index contributed by atoms with van der Waals surface area (Å²) in [6, 6.07) is 0.521. The number of hydrogen-bond acceptors (Lipinski definition) is 2. The number of hydrogen-bond donors (Lipinski definition) is 1. The maximum absolute atomic E-state index is 6.20. The largest absolute Gasteiger partial charge is 0.376 e. The van der Waals surface area contributed by atoms with Gasteiger partial charge < -0.3 is 10.1 Å². The van der Waals surface area contributed by atoms with E-state index in [2.05, 4.69) is 39.9 Å². The van der Waals surface area contributed by atoms with Gasteiger partial charge >= 0.3 is 0 Å². The van der Waals surface area contributed by atoms with Crippen LogP contribution in [-0.4, -0.2) is 25.3 Å². The molecule has 120 valence electrons. The van der Waals surface area contributed by atoms with Crippen molar-refractivity contribution >= 4 is 0 Å². The lowest BCUT2D eigenvalue weighted by atomic mass is 9.77. The normalized spacial score (nSPS) is 21.4. The quantitative estimate of drug-likeness (QED) is 0.679. The van der Waals surface area contributed by atoms with Crippen LogP contribution in [0.3, 0.4) is 0 Å². The summed E-state index contributed by atoms with van der Waals surface area (Å²) < 4.78 is 6.20. The van der Waals surface area contributed by atoms with E-state index >= 15 is 0 Å². The van der Waals surface area contributed by atoms with E-state index in [1.165, 1.54) is 44.9 Å². The van der Waals surface area contributed by atoms with Gasteiger partial charge in [-0.3, -0.25) is 0 Å². The van der Waals surface area contributed by atoms with Gasteiger partial charge in [-0.1, -0.05) is 53.4 Å². The molecule has 1 saturated carbocycles. The van der Waals surface area contributed by atoms with Crippen molar-refractivity contribution in [2.45, 2.75) is 91.7 Å². The third-order valence-corrected chi connectivity index (χ3v) is 4.56. The van der Waals surface area contributed by atoms with Crippen molar-refractivity contribution in [3.63, 3.8) is 0 Å². The molecule has 0 aromatic heterocycles. The van der Waals surface area contributed by atoms with Crippen LogP contribution in [0.5, 0.6) is 0 Å². The Labute approximate surface area is 127 Å². The van der Waals surface area contributed by atoms with E-state index < -0.39 is 0 Å². The van der Waals surface area contributed by atoms with Gasteiger partial charge in [0.05, 0.1) is 6.10 Å². The second kappa shape index (κ2) is 9.04. The van der Waals surface area contributed by atoms with Crippen LogP contribution in [0.2, 0.25) is 0 Å². The first kappa shape index (κ1) is 18.0. The van der Waals surface area contributed by atoms with E-state index in [4.69, 9.17) is 4.74 Å². The molecule has 1 rings (SSSR count). The van der Waals surface area contributed by atoms with Gasteiger partial charge in [0.25, 0.3) is 0 Å². The summed E-state index contributed by atoms with van der Waals surface area (Å²) in [5.41, 5.74) is 0.202. The van der Waals surface area contributed by atoms with Crippen molar-refractivity contribution in [3.05, 3.63) is 0 Å². The third-order valence-electron chi connectivity index (χ3n) is 4.56. The monoisotopic (exact) mass is 283 g/mol. The Hall–Kier alpha value is -0.0800. The van der Waals surface area contributed by atoms with Crippen LogP contribution < -0.4 is 5.32 Å². The molecule has 2 atom stereocenters. The van der Waals surface area contributed by atoms with Gasteiger partial charge in [0.2, 0.25) is 0 Å². The zero-order valence-electron chi connectivity index (χ0n) is 14.5. The molecular formula is C18H37NO. The van der Waals surface area contributed by atoms with Gasteiger partial charge in [-0.15, -0.1) is 0 Å². The molecule has 1 aliphatic carbocycles. The molecule has 1 N–H and O–H groups in total. The first-order valence-electron chi connectivity index (χ1n) is 8.85. The molecule has 0 heterocycles. The lowest BCUT2D eigenvalue weighted by Crippen LogP contribution is -2.52. The average molecular weight is 283 g/mol. The maximum atomic E-state index is 6.20. The molecule has 0 aromatic rings. The SMILES string of the molecule is CCCNC(C1CCCCCC1)C(OCC)C(C)(C)C. The summed E-state index contributed by atoms with van der Waals surface area (Å²) in [5.74, 6) is 0.792. The molecule has 0 radical (unpaired) electrons. The Bertz CT molecular complexity index is 238. The molecular weight excluding hydrogens is 246 g/mol. The molecule has 0 aliphatic heterocycles. The van der Waals surface area contributed by atoms with E-state index in [0.717, 1.165) is 19.1 Å². The summed E-state index contributed by atoms with van der Waals surface area (Å²) >= 11 is 0. The molecule has 0 aromatic carbocycles. The smallest absolute Gasteiger partial charge is 0.0778 e. The second-order valence-electron chi connectivity index (χ2n) is 7.47. The van der Waals surface area contributed by atoms with E-state index in [-0.39, 0.29) is 5.41 Å². The minimum atomic E-state index is 0.202. The van der Waals surface area contributed by atoms with Gasteiger partial charge in [-0.05, 0) is 44.1 Å². The van der Waals surface area contributed by atoms with Crippen molar-refractivity contribution in [1.29, 1.82) is 0 Å². The van der Waals surface area contributed by atoms with Crippen molar-refractivity contribution < 1.29 is 4.74 Å². The molecule has 1 fully saturated rings. The van der Waals surface area contributed by atoms with Gasteiger partial charge in [0.15, 0.2) is 0 Å². The molecule has 0 bridgehead atoms. The fourth-order valence-electron chi connectivity index (χ4n) is 3.57. The molecule has 0 spiro atoms. The van der Waals surface area contributed by atoms with Crippen LogP contribution in [0.25, 0.3) is 0 Å². The lowest BCUT2D eigenvalue weighted by molar-refractivity contribution is -0.0504. The molecule has 0 amide bonds. The highest BCUT2D eigenvalue weighted by Gasteiger charge is 2.37. The second-order valence-corrected chi connectivity index (χ2v) is 7.47. The Morgan fingerprint density at radius 3 is 2.10 bits per heavy atom. The Morgan fingerprint density at radius 1 is 1.05 bits per heavy atom. The lowest BCUT2D eigenvalue weighted by Gasteiger charge is -2.41. The molecule has 2 unspecified atom stereocenters. The summed E-state index contributed by atoms with van der Waals surface area (Å²) in [6.45, 7) is 13.3. The average Bonchev–Trinajstić information content (AvgIpc) is 2.66. The van der Waals surface area contributed by atoms with Crippen molar-refractivity contribution in [2.75, 3.05) is 13.2 Å². The van der Waals surface area contributed by atoms with Gasteiger partial charge in [0.1, 0.15) is 0 Å². The molecule has 2 nitrogen and oxygen atoms in total. The van der Waals surface area contributed by atoms with Crippen molar-refractivity contribution in [2.24, 2.45) is 11.3 Å². The van der Waals surface area contributed by atoms with Crippen molar-refractivity contribution in [1.82, 2.24) is 5.32 Å². The Morgan fingerprint density at radius 2 is 1.65 bits per heavy atom. The van der Waals surface area contributed by atoms with Crippen molar-refractivity contribution in [3.8, 4) is 0 Å². The van der Waals surface area contributed by atoms with E-state index in [0.29, 0.717) is 12.1 Å². The standard InChI is InChI=1S/C18H37NO/c1-6-14-19-16(15-12-10-8-9-11-13-15)17(20-7-2)18(3,4)5/h15-17,19H,6-14H2,1-5H3. The first-order valence-corrected chi connectivity index (χ1v) is 8.85. The molecule has 0 saturated heterocycles. The van der Waals surface area contributed by atoms with Crippen LogP contribution in [0, 0.1) is 11.3 Å². The third kappa shape index (κ3) is 5.73.